The van der Waals surface area contributed by atoms with Gasteiger partial charge in [0.15, 0.2) is 0 Å². The van der Waals surface area contributed by atoms with E-state index in [0.717, 1.165) is 0 Å². The van der Waals surface area contributed by atoms with Crippen LogP contribution in [0, 0.1) is 0 Å². The maximum absolute atomic E-state index is 2.40. The van der Waals surface area contributed by atoms with Crippen molar-refractivity contribution in [2.24, 2.45) is 0 Å². The molecule has 5 aromatic carbocycles. The van der Waals surface area contributed by atoms with Gasteiger partial charge in [-0.15, -0.1) is 0 Å². The van der Waals surface area contributed by atoms with Crippen LogP contribution in [-0.2, 0) is 12.8 Å². The molecule has 0 aliphatic heterocycles. The van der Waals surface area contributed by atoms with Crippen molar-refractivity contribution in [3.05, 3.63) is 83.9 Å². The molecule has 0 spiro atoms. The Morgan fingerprint density at radius 1 is 0.389 bits per heavy atom. The minimum absolute atomic E-state index is 1.19. The fourth-order valence-corrected chi connectivity index (χ4v) is 6.31. The first kappa shape index (κ1) is 24.8. The minimum Gasteiger partial charge on any atom is -0.0654 e. The maximum atomic E-state index is 2.40. The molecule has 0 bridgehead atoms. The number of aryl methyl sites for hydroxylation is 2. The summed E-state index contributed by atoms with van der Waals surface area (Å²) in [6, 6.07) is 27.6. The Morgan fingerprint density at radius 3 is 1.25 bits per heavy atom. The van der Waals surface area contributed by atoms with Crippen molar-refractivity contribution >= 4 is 43.1 Å². The van der Waals surface area contributed by atoms with E-state index >= 15 is 0 Å². The van der Waals surface area contributed by atoms with Crippen molar-refractivity contribution in [3.8, 4) is 0 Å². The Kier molecular flexibility index (Phi) is 8.22. The Balaban J connectivity index is 1.75. The van der Waals surface area contributed by atoms with Crippen molar-refractivity contribution in [2.45, 2.75) is 90.9 Å². The lowest BCUT2D eigenvalue weighted by Gasteiger charge is -2.21. The topological polar surface area (TPSA) is 0 Å². The molecule has 0 saturated carbocycles. The third-order valence-corrected chi connectivity index (χ3v) is 8.18. The molecule has 0 radical (unpaired) electrons. The fourth-order valence-electron chi connectivity index (χ4n) is 6.31. The summed E-state index contributed by atoms with van der Waals surface area (Å²) in [6.07, 6.45) is 15.7. The molecule has 0 amide bonds. The van der Waals surface area contributed by atoms with Gasteiger partial charge in [-0.3, -0.25) is 0 Å². The molecule has 0 saturated heterocycles. The van der Waals surface area contributed by atoms with Gasteiger partial charge in [0.2, 0.25) is 0 Å². The third-order valence-electron chi connectivity index (χ3n) is 8.18. The zero-order valence-corrected chi connectivity index (χ0v) is 22.4. The number of benzene rings is 5. The van der Waals surface area contributed by atoms with E-state index in [1.54, 1.807) is 11.1 Å². The predicted molar refractivity (Wildman–Crippen MR) is 161 cm³/mol. The van der Waals surface area contributed by atoms with Crippen LogP contribution in [0.4, 0.5) is 0 Å². The number of rotatable bonds is 12. The number of hydrogen-bond donors (Lipinski definition) is 0. The number of hydrogen-bond acceptors (Lipinski definition) is 0. The van der Waals surface area contributed by atoms with E-state index < -0.39 is 0 Å². The average Bonchev–Trinajstić information content (AvgIpc) is 2.92. The monoisotopic (exact) mass is 474 g/mol. The summed E-state index contributed by atoms with van der Waals surface area (Å²) in [4.78, 5) is 0. The molecule has 0 fully saturated rings. The van der Waals surface area contributed by atoms with Gasteiger partial charge < -0.3 is 0 Å². The van der Waals surface area contributed by atoms with Crippen molar-refractivity contribution < 1.29 is 0 Å². The van der Waals surface area contributed by atoms with Crippen LogP contribution < -0.4 is 0 Å². The van der Waals surface area contributed by atoms with Crippen LogP contribution >= 0.6 is 0 Å². The summed E-state index contributed by atoms with van der Waals surface area (Å²) in [5, 5.41) is 11.5. The maximum Gasteiger partial charge on any atom is -0.00641 e. The van der Waals surface area contributed by atoms with Gasteiger partial charge in [-0.1, -0.05) is 138 Å². The second-order valence-corrected chi connectivity index (χ2v) is 10.7. The molecule has 36 heavy (non-hydrogen) atoms. The van der Waals surface area contributed by atoms with Crippen LogP contribution in [0.5, 0.6) is 0 Å². The minimum atomic E-state index is 1.19. The van der Waals surface area contributed by atoms with Gasteiger partial charge in [0.25, 0.3) is 0 Å². The molecule has 5 aromatic rings. The third kappa shape index (κ3) is 5.01. The van der Waals surface area contributed by atoms with E-state index in [-0.39, 0.29) is 0 Å². The highest BCUT2D eigenvalue weighted by Crippen LogP contribution is 2.41. The number of fused-ring (bicyclic) bond motifs is 7. The van der Waals surface area contributed by atoms with Gasteiger partial charge in [0.05, 0.1) is 0 Å². The molecule has 0 atom stereocenters. The van der Waals surface area contributed by atoms with Crippen molar-refractivity contribution in [1.82, 2.24) is 0 Å². The first-order valence-electron chi connectivity index (χ1n) is 14.6. The van der Waals surface area contributed by atoms with Gasteiger partial charge >= 0.3 is 0 Å². The smallest absolute Gasteiger partial charge is 0.00641 e. The van der Waals surface area contributed by atoms with E-state index in [1.807, 2.05) is 0 Å². The first-order chi connectivity index (χ1) is 17.8. The van der Waals surface area contributed by atoms with Crippen LogP contribution in [0.25, 0.3) is 43.1 Å². The van der Waals surface area contributed by atoms with Gasteiger partial charge in [-0.2, -0.15) is 0 Å². The molecular formula is C36H42. The van der Waals surface area contributed by atoms with Gasteiger partial charge in [0.1, 0.15) is 0 Å². The fraction of sp³-hybridized carbons (Fsp3) is 0.389. The molecule has 0 nitrogen and oxygen atoms in total. The highest BCUT2D eigenvalue weighted by molar-refractivity contribution is 6.24. The number of unbranched alkanes of at least 4 members (excludes halogenated alkanes) is 8. The average molecular weight is 475 g/mol. The van der Waals surface area contributed by atoms with Crippen LogP contribution in [0.15, 0.2) is 72.8 Å². The normalized spacial score (nSPS) is 11.8. The van der Waals surface area contributed by atoms with E-state index in [9.17, 15) is 0 Å². The quantitative estimate of drug-likeness (QED) is 0.125. The summed E-state index contributed by atoms with van der Waals surface area (Å²) in [5.74, 6) is 0. The molecule has 0 heteroatoms. The molecule has 0 N–H and O–H groups in total. The Morgan fingerprint density at radius 2 is 0.806 bits per heavy atom. The van der Waals surface area contributed by atoms with E-state index in [2.05, 4.69) is 86.6 Å². The summed E-state index contributed by atoms with van der Waals surface area (Å²) in [5.41, 5.74) is 3.27. The zero-order valence-electron chi connectivity index (χ0n) is 22.4. The molecule has 186 valence electrons. The van der Waals surface area contributed by atoms with Crippen LogP contribution in [0.2, 0.25) is 0 Å². The van der Waals surface area contributed by atoms with Gasteiger partial charge in [0, 0.05) is 0 Å². The summed E-state index contributed by atoms with van der Waals surface area (Å²) in [6.45, 7) is 4.62. The molecule has 0 aromatic heterocycles. The molecular weight excluding hydrogens is 432 g/mol. The highest BCUT2D eigenvalue weighted by atomic mass is 14.2. The Bertz CT molecular complexity index is 1340. The van der Waals surface area contributed by atoms with Crippen molar-refractivity contribution in [2.75, 3.05) is 0 Å². The SMILES string of the molecule is CCCCCCCc1c(CCCCCCC)c2c3ccccc3ccc2c2ccc3ccccc3c12. The zero-order chi connectivity index (χ0) is 24.7. The van der Waals surface area contributed by atoms with Crippen LogP contribution in [0.3, 0.4) is 0 Å². The second kappa shape index (κ2) is 11.9. The Hall–Kier alpha value is -2.86. The van der Waals surface area contributed by atoms with E-state index in [0.29, 0.717) is 0 Å². The van der Waals surface area contributed by atoms with Gasteiger partial charge in [-0.25, -0.2) is 0 Å². The largest absolute Gasteiger partial charge is 0.0654 e. The Labute approximate surface area is 217 Å². The van der Waals surface area contributed by atoms with Crippen molar-refractivity contribution in [3.63, 3.8) is 0 Å². The lowest BCUT2D eigenvalue weighted by atomic mass is 9.83. The lowest BCUT2D eigenvalue weighted by Crippen LogP contribution is -2.01. The summed E-state index contributed by atoms with van der Waals surface area (Å²) in [7, 11) is 0. The van der Waals surface area contributed by atoms with Gasteiger partial charge in [-0.05, 0) is 79.9 Å². The molecule has 5 rings (SSSR count). The standard InChI is InChI=1S/C36H42/c1-3-5-7-9-11-21-31-32(22-12-10-8-6-4-2)36-30-20-16-14-18-28(30)24-26-34(36)33-25-23-27-17-13-15-19-29(27)35(31)33/h13-20,23-26H,3-12,21-22H2,1-2H3. The molecule has 0 unspecified atom stereocenters. The predicted octanol–water partition coefficient (Wildman–Crippen LogP) is 11.3. The first-order valence-corrected chi connectivity index (χ1v) is 14.6. The van der Waals surface area contributed by atoms with Crippen LogP contribution in [0.1, 0.15) is 89.2 Å². The summed E-state index contributed by atoms with van der Waals surface area (Å²) < 4.78 is 0. The second-order valence-electron chi connectivity index (χ2n) is 10.7. The van der Waals surface area contributed by atoms with E-state index in [4.69, 9.17) is 0 Å². The van der Waals surface area contributed by atoms with Crippen molar-refractivity contribution in [1.29, 1.82) is 0 Å². The highest BCUT2D eigenvalue weighted by Gasteiger charge is 2.18. The molecule has 0 aliphatic rings. The van der Waals surface area contributed by atoms with E-state index in [1.165, 1.54) is 120 Å². The summed E-state index contributed by atoms with van der Waals surface area (Å²) >= 11 is 0. The lowest BCUT2D eigenvalue weighted by molar-refractivity contribution is 0.623. The molecule has 0 heterocycles. The molecule has 0 aliphatic carbocycles. The van der Waals surface area contributed by atoms with Crippen LogP contribution in [-0.4, -0.2) is 0 Å².